The number of hydrogen-bond acceptors (Lipinski definition) is 5. The molecule has 1 aliphatic rings. The van der Waals surface area contributed by atoms with E-state index in [1.165, 1.54) is 6.26 Å². The number of nitrogens with zero attached hydrogens (tertiary/aromatic N) is 1. The molecule has 1 N–H and O–H groups in total. The lowest BCUT2D eigenvalue weighted by atomic mass is 10.0. The molecule has 0 unspecified atom stereocenters. The van der Waals surface area contributed by atoms with E-state index in [0.29, 0.717) is 17.1 Å². The Hall–Kier alpha value is -3.74. The molecule has 2 amide bonds. The van der Waals surface area contributed by atoms with Crippen LogP contribution in [0.4, 0.5) is 0 Å². The van der Waals surface area contributed by atoms with Gasteiger partial charge < -0.3 is 24.1 Å². The number of carbonyl (C=O) groups excluding carboxylic acids is 2. The Morgan fingerprint density at radius 3 is 2.38 bits per heavy atom. The third-order valence-electron chi connectivity index (χ3n) is 6.15. The lowest BCUT2D eigenvalue weighted by Gasteiger charge is -2.32. The van der Waals surface area contributed by atoms with E-state index in [9.17, 15) is 9.59 Å². The number of nitrogens with one attached hydrogen (secondary N) is 1. The van der Waals surface area contributed by atoms with Gasteiger partial charge in [-0.05, 0) is 60.4 Å². The molecule has 4 rings (SSSR count). The van der Waals surface area contributed by atoms with Gasteiger partial charge in [0.15, 0.2) is 5.76 Å². The molecular formula is C27H30N2O5. The molecule has 7 heteroatoms. The Morgan fingerprint density at radius 2 is 1.71 bits per heavy atom. The van der Waals surface area contributed by atoms with Crippen LogP contribution in [0, 0.1) is 0 Å². The largest absolute Gasteiger partial charge is 0.497 e. The van der Waals surface area contributed by atoms with E-state index >= 15 is 0 Å². The second kappa shape index (κ2) is 10.9. The van der Waals surface area contributed by atoms with Crippen molar-refractivity contribution in [2.75, 3.05) is 14.2 Å². The Balaban J connectivity index is 1.76. The van der Waals surface area contributed by atoms with Gasteiger partial charge >= 0.3 is 0 Å². The minimum atomic E-state index is -0.875. The van der Waals surface area contributed by atoms with E-state index < -0.39 is 6.04 Å². The van der Waals surface area contributed by atoms with Gasteiger partial charge in [-0.1, -0.05) is 37.1 Å². The number of methoxy groups -OCH3 is 2. The van der Waals surface area contributed by atoms with E-state index in [-0.39, 0.29) is 30.2 Å². The van der Waals surface area contributed by atoms with E-state index in [1.807, 2.05) is 42.5 Å². The molecule has 0 radical (unpaired) electrons. The summed E-state index contributed by atoms with van der Waals surface area (Å²) in [6.45, 7) is 0.191. The van der Waals surface area contributed by atoms with E-state index in [4.69, 9.17) is 13.9 Å². The first-order chi connectivity index (χ1) is 16.6. The highest BCUT2D eigenvalue weighted by atomic mass is 16.5. The molecule has 2 aromatic carbocycles. The fraction of sp³-hybridized carbons (Fsp3) is 0.333. The number of carbonyl (C=O) groups is 2. The molecule has 3 aromatic rings. The molecule has 34 heavy (non-hydrogen) atoms. The van der Waals surface area contributed by atoms with Crippen LogP contribution in [0.2, 0.25) is 0 Å². The SMILES string of the molecule is COc1cccc(CN(C(=O)c2ccco2)[C@H](C(=O)NC2CCCC2)c2cccc(OC)c2)c1. The first-order valence-corrected chi connectivity index (χ1v) is 11.5. The maximum Gasteiger partial charge on any atom is 0.290 e. The zero-order valence-electron chi connectivity index (χ0n) is 19.5. The summed E-state index contributed by atoms with van der Waals surface area (Å²) in [6.07, 6.45) is 5.52. The predicted octanol–water partition coefficient (Wildman–Crippen LogP) is 4.74. The minimum absolute atomic E-state index is 0.109. The molecule has 1 heterocycles. The zero-order valence-corrected chi connectivity index (χ0v) is 19.5. The molecule has 1 aromatic heterocycles. The summed E-state index contributed by atoms with van der Waals surface area (Å²) in [4.78, 5) is 28.9. The maximum atomic E-state index is 13.7. The molecule has 1 saturated carbocycles. The standard InChI is InChI=1S/C27H30N2O5/c1-32-22-12-5-8-19(16-22)18-29(27(31)24-14-7-15-34-24)25(20-9-6-13-23(17-20)33-2)26(30)28-21-10-3-4-11-21/h5-9,12-17,21,25H,3-4,10-11,18H2,1-2H3,(H,28,30)/t25-/m0/s1. The summed E-state index contributed by atoms with van der Waals surface area (Å²) in [5, 5.41) is 3.17. The molecule has 178 valence electrons. The van der Waals surface area contributed by atoms with Crippen LogP contribution in [-0.2, 0) is 11.3 Å². The first-order valence-electron chi connectivity index (χ1n) is 11.5. The van der Waals surface area contributed by atoms with Gasteiger partial charge in [-0.3, -0.25) is 9.59 Å². The van der Waals surface area contributed by atoms with Crippen molar-refractivity contribution in [3.05, 3.63) is 83.8 Å². The van der Waals surface area contributed by atoms with Crippen molar-refractivity contribution in [1.82, 2.24) is 10.2 Å². The summed E-state index contributed by atoms with van der Waals surface area (Å²) in [5.74, 6) is 0.869. The van der Waals surface area contributed by atoms with Crippen LogP contribution in [0.5, 0.6) is 11.5 Å². The second-order valence-electron chi connectivity index (χ2n) is 8.43. The van der Waals surface area contributed by atoms with Gasteiger partial charge in [0.1, 0.15) is 17.5 Å². The average molecular weight is 463 g/mol. The lowest BCUT2D eigenvalue weighted by Crippen LogP contribution is -2.45. The van der Waals surface area contributed by atoms with E-state index in [0.717, 1.165) is 31.2 Å². The Labute approximate surface area is 199 Å². The van der Waals surface area contributed by atoms with Crippen molar-refractivity contribution < 1.29 is 23.5 Å². The van der Waals surface area contributed by atoms with Crippen molar-refractivity contribution in [2.24, 2.45) is 0 Å². The Bertz CT molecular complexity index is 1110. The number of hydrogen-bond donors (Lipinski definition) is 1. The topological polar surface area (TPSA) is 81.0 Å². The van der Waals surface area contributed by atoms with Gasteiger partial charge in [-0.25, -0.2) is 0 Å². The van der Waals surface area contributed by atoms with Crippen molar-refractivity contribution in [1.29, 1.82) is 0 Å². The summed E-state index contributed by atoms with van der Waals surface area (Å²) in [7, 11) is 3.17. The third kappa shape index (κ3) is 5.42. The van der Waals surface area contributed by atoms with E-state index in [1.54, 1.807) is 37.3 Å². The quantitative estimate of drug-likeness (QED) is 0.497. The highest BCUT2D eigenvalue weighted by Crippen LogP contribution is 2.30. The molecule has 1 fully saturated rings. The average Bonchev–Trinajstić information content (AvgIpc) is 3.58. The highest BCUT2D eigenvalue weighted by Gasteiger charge is 2.35. The van der Waals surface area contributed by atoms with Crippen LogP contribution in [0.25, 0.3) is 0 Å². The van der Waals surface area contributed by atoms with Gasteiger partial charge in [0.25, 0.3) is 5.91 Å². The third-order valence-corrected chi connectivity index (χ3v) is 6.15. The van der Waals surface area contributed by atoms with Crippen LogP contribution in [0.3, 0.4) is 0 Å². The fourth-order valence-corrected chi connectivity index (χ4v) is 4.42. The highest BCUT2D eigenvalue weighted by molar-refractivity contribution is 5.96. The molecule has 0 aliphatic heterocycles. The first kappa shape index (κ1) is 23.4. The Morgan fingerprint density at radius 1 is 1.00 bits per heavy atom. The molecule has 0 bridgehead atoms. The monoisotopic (exact) mass is 462 g/mol. The van der Waals surface area contributed by atoms with Gasteiger partial charge in [-0.2, -0.15) is 0 Å². The van der Waals surface area contributed by atoms with Crippen LogP contribution in [0.1, 0.15) is 53.4 Å². The Kier molecular flexibility index (Phi) is 7.52. The van der Waals surface area contributed by atoms with Crippen molar-refractivity contribution >= 4 is 11.8 Å². The summed E-state index contributed by atoms with van der Waals surface area (Å²) >= 11 is 0. The van der Waals surface area contributed by atoms with Gasteiger partial charge in [0, 0.05) is 12.6 Å². The predicted molar refractivity (Wildman–Crippen MR) is 128 cm³/mol. The zero-order chi connectivity index (χ0) is 23.9. The van der Waals surface area contributed by atoms with Crippen molar-refractivity contribution in [3.63, 3.8) is 0 Å². The second-order valence-corrected chi connectivity index (χ2v) is 8.43. The van der Waals surface area contributed by atoms with Crippen LogP contribution >= 0.6 is 0 Å². The molecule has 0 saturated heterocycles. The molecule has 1 aliphatic carbocycles. The smallest absolute Gasteiger partial charge is 0.290 e. The molecule has 0 spiro atoms. The van der Waals surface area contributed by atoms with Crippen molar-refractivity contribution in [2.45, 2.75) is 44.3 Å². The van der Waals surface area contributed by atoms with Crippen LogP contribution < -0.4 is 14.8 Å². The van der Waals surface area contributed by atoms with Crippen molar-refractivity contribution in [3.8, 4) is 11.5 Å². The fourth-order valence-electron chi connectivity index (χ4n) is 4.42. The lowest BCUT2D eigenvalue weighted by molar-refractivity contribution is -0.126. The molecule has 1 atom stereocenters. The normalized spacial score (nSPS) is 14.4. The summed E-state index contributed by atoms with van der Waals surface area (Å²) in [6, 6.07) is 17.3. The number of rotatable bonds is 9. The molecular weight excluding hydrogens is 432 g/mol. The van der Waals surface area contributed by atoms with Gasteiger partial charge in [-0.15, -0.1) is 0 Å². The minimum Gasteiger partial charge on any atom is -0.497 e. The number of benzene rings is 2. The maximum absolute atomic E-state index is 13.7. The summed E-state index contributed by atoms with van der Waals surface area (Å²) in [5.41, 5.74) is 1.50. The van der Waals surface area contributed by atoms with Gasteiger partial charge in [0.2, 0.25) is 5.91 Å². The van der Waals surface area contributed by atoms with Crippen LogP contribution in [0.15, 0.2) is 71.3 Å². The van der Waals surface area contributed by atoms with E-state index in [2.05, 4.69) is 5.32 Å². The summed E-state index contributed by atoms with van der Waals surface area (Å²) < 4.78 is 16.2. The number of amides is 2. The van der Waals surface area contributed by atoms with Gasteiger partial charge in [0.05, 0.1) is 20.5 Å². The van der Waals surface area contributed by atoms with Crippen LogP contribution in [-0.4, -0.2) is 37.0 Å². The molecule has 7 nitrogen and oxygen atoms in total. The number of furan rings is 1. The number of ether oxygens (including phenoxy) is 2.